The number of fused-ring (bicyclic) bond motifs is 1. The number of hydrogen-bond acceptors (Lipinski definition) is 4. The molecule has 3 N–H and O–H groups in total. The smallest absolute Gasteiger partial charge is 0.223 e. The maximum Gasteiger partial charge on any atom is 0.223 e. The zero-order chi connectivity index (χ0) is 17.3. The van der Waals surface area contributed by atoms with E-state index >= 15 is 0 Å². The number of carbonyl (C=O) groups is 1. The van der Waals surface area contributed by atoms with E-state index in [4.69, 9.17) is 0 Å². The Morgan fingerprint density at radius 2 is 2.28 bits per heavy atom. The van der Waals surface area contributed by atoms with Crippen LogP contribution >= 0.6 is 0 Å². The van der Waals surface area contributed by atoms with Crippen molar-refractivity contribution >= 4 is 16.8 Å². The lowest BCUT2D eigenvalue weighted by Crippen LogP contribution is -2.48. The van der Waals surface area contributed by atoms with Gasteiger partial charge in [0, 0.05) is 24.7 Å². The second-order valence-electron chi connectivity index (χ2n) is 6.70. The van der Waals surface area contributed by atoms with Crippen LogP contribution in [0.4, 0.5) is 0 Å². The molecule has 0 spiro atoms. The maximum atomic E-state index is 12.6. The fraction of sp³-hybridized carbons (Fsp3) is 0.389. The van der Waals surface area contributed by atoms with Crippen LogP contribution < -0.4 is 0 Å². The van der Waals surface area contributed by atoms with Crippen LogP contribution in [0.5, 0.6) is 0 Å². The molecule has 25 heavy (non-hydrogen) atoms. The highest BCUT2D eigenvalue weighted by molar-refractivity contribution is 5.80. The number of amides is 1. The number of hydrogen-bond donors (Lipinski definition) is 3. The summed E-state index contributed by atoms with van der Waals surface area (Å²) in [6, 6.07) is 8.23. The number of aromatic nitrogens is 4. The lowest BCUT2D eigenvalue weighted by atomic mass is 9.89. The zero-order valence-corrected chi connectivity index (χ0v) is 13.9. The van der Waals surface area contributed by atoms with Gasteiger partial charge >= 0.3 is 0 Å². The Bertz CT molecular complexity index is 873. The molecule has 0 bridgehead atoms. The van der Waals surface area contributed by atoms with Crippen molar-refractivity contribution in [2.24, 2.45) is 0 Å². The van der Waals surface area contributed by atoms with Crippen molar-refractivity contribution in [3.63, 3.8) is 0 Å². The van der Waals surface area contributed by atoms with Crippen LogP contribution in [0.25, 0.3) is 10.9 Å². The summed E-state index contributed by atoms with van der Waals surface area (Å²) in [5, 5.41) is 22.3. The number of aliphatic hydroxyl groups is 1. The van der Waals surface area contributed by atoms with E-state index < -0.39 is 5.60 Å². The Labute approximate surface area is 145 Å². The molecule has 2 aromatic heterocycles. The molecule has 7 nitrogen and oxygen atoms in total. The standard InChI is InChI=1S/C18H21N5O2/c24-17(5-3-13-2-4-15-14(10-13)6-8-19-15)23-9-1-7-18(25,12-23)16-11-20-22-21-16/h2,4,6,8,10-11,19,25H,1,3,5,7,9,12H2,(H,20,21,22)/t18-/m0/s1. The van der Waals surface area contributed by atoms with E-state index in [-0.39, 0.29) is 12.5 Å². The quantitative estimate of drug-likeness (QED) is 0.674. The fourth-order valence-electron chi connectivity index (χ4n) is 3.55. The number of piperidine rings is 1. The molecule has 0 unspecified atom stereocenters. The molecule has 0 aliphatic carbocycles. The monoisotopic (exact) mass is 339 g/mol. The van der Waals surface area contributed by atoms with Gasteiger partial charge in [-0.3, -0.25) is 4.79 Å². The fourth-order valence-corrected chi connectivity index (χ4v) is 3.55. The lowest BCUT2D eigenvalue weighted by molar-refractivity contribution is -0.139. The molecule has 1 atom stereocenters. The number of rotatable bonds is 4. The first kappa shape index (κ1) is 15.8. The minimum atomic E-state index is -1.11. The van der Waals surface area contributed by atoms with Crippen molar-refractivity contribution in [2.75, 3.05) is 13.1 Å². The van der Waals surface area contributed by atoms with Crippen LogP contribution in [0.1, 0.15) is 30.5 Å². The van der Waals surface area contributed by atoms with E-state index in [0.717, 1.165) is 22.9 Å². The number of aryl methyl sites for hydroxylation is 1. The number of H-pyrrole nitrogens is 2. The summed E-state index contributed by atoms with van der Waals surface area (Å²) in [6.07, 6.45) is 5.92. The molecule has 1 saturated heterocycles. The molecule has 3 aromatic rings. The molecule has 1 aromatic carbocycles. The van der Waals surface area contributed by atoms with Crippen LogP contribution in [0.3, 0.4) is 0 Å². The minimum absolute atomic E-state index is 0.0655. The number of β-amino-alcohol motifs (C(OH)–C–C–N with tert-alkyl or cyclic N) is 1. The van der Waals surface area contributed by atoms with Crippen molar-refractivity contribution in [1.29, 1.82) is 0 Å². The summed E-state index contributed by atoms with van der Waals surface area (Å²) < 4.78 is 0. The Balaban J connectivity index is 1.40. The molecule has 1 fully saturated rings. The van der Waals surface area contributed by atoms with Gasteiger partial charge in [-0.2, -0.15) is 15.4 Å². The van der Waals surface area contributed by atoms with Gasteiger partial charge in [0.15, 0.2) is 0 Å². The molecule has 3 heterocycles. The molecule has 4 rings (SSSR count). The second-order valence-corrected chi connectivity index (χ2v) is 6.70. The average molecular weight is 339 g/mol. The van der Waals surface area contributed by atoms with Gasteiger partial charge in [0.05, 0.1) is 12.7 Å². The Kier molecular flexibility index (Phi) is 4.01. The minimum Gasteiger partial charge on any atom is -0.382 e. The molecule has 1 aliphatic heterocycles. The first-order valence-corrected chi connectivity index (χ1v) is 8.56. The van der Waals surface area contributed by atoms with Gasteiger partial charge in [-0.05, 0) is 48.4 Å². The normalized spacial score (nSPS) is 20.9. The Hall–Kier alpha value is -2.67. The molecule has 130 valence electrons. The van der Waals surface area contributed by atoms with E-state index in [0.29, 0.717) is 31.5 Å². The predicted molar refractivity (Wildman–Crippen MR) is 92.7 cm³/mol. The van der Waals surface area contributed by atoms with Gasteiger partial charge in [-0.1, -0.05) is 6.07 Å². The molecule has 1 aliphatic rings. The summed E-state index contributed by atoms with van der Waals surface area (Å²) in [6.45, 7) is 0.949. The van der Waals surface area contributed by atoms with E-state index in [1.54, 1.807) is 4.90 Å². The van der Waals surface area contributed by atoms with Gasteiger partial charge < -0.3 is 15.0 Å². The number of aromatic amines is 2. The molecule has 0 radical (unpaired) electrons. The Morgan fingerprint density at radius 3 is 3.12 bits per heavy atom. The first-order valence-electron chi connectivity index (χ1n) is 8.56. The van der Waals surface area contributed by atoms with E-state index in [2.05, 4.69) is 26.5 Å². The van der Waals surface area contributed by atoms with E-state index in [1.807, 2.05) is 24.4 Å². The third-order valence-corrected chi connectivity index (χ3v) is 4.96. The predicted octanol–water partition coefficient (Wildman–Crippen LogP) is 1.73. The van der Waals surface area contributed by atoms with Crippen molar-refractivity contribution in [3.05, 3.63) is 47.9 Å². The van der Waals surface area contributed by atoms with Crippen LogP contribution in [0.15, 0.2) is 36.7 Å². The average Bonchev–Trinajstić information content (AvgIpc) is 3.31. The summed E-state index contributed by atoms with van der Waals surface area (Å²) in [4.78, 5) is 17.5. The molecular weight excluding hydrogens is 318 g/mol. The summed E-state index contributed by atoms with van der Waals surface area (Å²) in [5.74, 6) is 0.0655. The largest absolute Gasteiger partial charge is 0.382 e. The second kappa shape index (κ2) is 6.33. The number of nitrogens with one attached hydrogen (secondary N) is 2. The van der Waals surface area contributed by atoms with Crippen LogP contribution in [0, 0.1) is 0 Å². The van der Waals surface area contributed by atoms with E-state index in [1.165, 1.54) is 6.20 Å². The lowest BCUT2D eigenvalue weighted by Gasteiger charge is -2.38. The van der Waals surface area contributed by atoms with Crippen molar-refractivity contribution in [1.82, 2.24) is 25.3 Å². The zero-order valence-electron chi connectivity index (χ0n) is 13.9. The van der Waals surface area contributed by atoms with E-state index in [9.17, 15) is 9.90 Å². The SMILES string of the molecule is O=C(CCc1ccc2[nH]ccc2c1)N1CCC[C@@](O)(c2cn[nH]n2)C1. The molecule has 0 saturated carbocycles. The Morgan fingerprint density at radius 1 is 1.36 bits per heavy atom. The highest BCUT2D eigenvalue weighted by Crippen LogP contribution is 2.30. The topological polar surface area (TPSA) is 97.9 Å². The molecular formula is C18H21N5O2. The molecule has 7 heteroatoms. The number of benzene rings is 1. The summed E-state index contributed by atoms with van der Waals surface area (Å²) >= 11 is 0. The highest BCUT2D eigenvalue weighted by Gasteiger charge is 2.38. The van der Waals surface area contributed by atoms with Crippen molar-refractivity contribution < 1.29 is 9.90 Å². The van der Waals surface area contributed by atoms with Crippen LogP contribution in [-0.4, -0.2) is 49.4 Å². The van der Waals surface area contributed by atoms with Crippen LogP contribution in [0.2, 0.25) is 0 Å². The van der Waals surface area contributed by atoms with Gasteiger partial charge in [0.25, 0.3) is 0 Å². The van der Waals surface area contributed by atoms with Gasteiger partial charge in [0.1, 0.15) is 11.3 Å². The number of carbonyl (C=O) groups excluding carboxylic acids is 1. The maximum absolute atomic E-state index is 12.6. The third kappa shape index (κ3) is 3.15. The number of nitrogens with zero attached hydrogens (tertiary/aromatic N) is 3. The van der Waals surface area contributed by atoms with Crippen molar-refractivity contribution in [3.8, 4) is 0 Å². The highest BCUT2D eigenvalue weighted by atomic mass is 16.3. The number of likely N-dealkylation sites (tertiary alicyclic amines) is 1. The first-order chi connectivity index (χ1) is 12.1. The molecule has 1 amide bonds. The summed E-state index contributed by atoms with van der Waals surface area (Å²) in [7, 11) is 0. The third-order valence-electron chi connectivity index (χ3n) is 4.96. The van der Waals surface area contributed by atoms with Gasteiger partial charge in [-0.15, -0.1) is 0 Å². The van der Waals surface area contributed by atoms with Crippen molar-refractivity contribution in [2.45, 2.75) is 31.3 Å². The summed E-state index contributed by atoms with van der Waals surface area (Å²) in [5.41, 5.74) is 1.64. The van der Waals surface area contributed by atoms with Crippen LogP contribution in [-0.2, 0) is 16.8 Å². The van der Waals surface area contributed by atoms with Gasteiger partial charge in [-0.25, -0.2) is 0 Å². The van der Waals surface area contributed by atoms with Gasteiger partial charge in [0.2, 0.25) is 5.91 Å².